The van der Waals surface area contributed by atoms with Crippen LogP contribution in [0.25, 0.3) is 0 Å². The summed E-state index contributed by atoms with van der Waals surface area (Å²) in [6, 6.07) is 1.08. The Bertz CT molecular complexity index is 208. The molecular weight excluding hydrogens is 268 g/mol. The van der Waals surface area contributed by atoms with Crippen molar-refractivity contribution in [1.82, 2.24) is 10.2 Å². The van der Waals surface area contributed by atoms with Gasteiger partial charge in [0.05, 0.1) is 0 Å². The van der Waals surface area contributed by atoms with Crippen molar-refractivity contribution in [1.29, 1.82) is 0 Å². The zero-order chi connectivity index (χ0) is 15.3. The SMILES string of the molecule is CCCN(CCC)CCNCCCC[Si](C)(OC)OC. The molecule has 0 aromatic rings. The molecule has 0 saturated carbocycles. The largest absolute Gasteiger partial charge is 0.398 e. The highest BCUT2D eigenvalue weighted by atomic mass is 28.4. The highest BCUT2D eigenvalue weighted by molar-refractivity contribution is 6.65. The topological polar surface area (TPSA) is 33.7 Å². The van der Waals surface area contributed by atoms with Gasteiger partial charge < -0.3 is 19.1 Å². The molecule has 0 fully saturated rings. The van der Waals surface area contributed by atoms with Crippen LogP contribution in [0.3, 0.4) is 0 Å². The van der Waals surface area contributed by atoms with Crippen LogP contribution in [0.5, 0.6) is 0 Å². The average molecular weight is 305 g/mol. The van der Waals surface area contributed by atoms with Gasteiger partial charge in [-0.3, -0.25) is 0 Å². The second-order valence-electron chi connectivity index (χ2n) is 5.59. The van der Waals surface area contributed by atoms with Gasteiger partial charge in [0.2, 0.25) is 0 Å². The van der Waals surface area contributed by atoms with Crippen molar-refractivity contribution in [3.8, 4) is 0 Å². The van der Waals surface area contributed by atoms with Crippen molar-refractivity contribution in [3.05, 3.63) is 0 Å². The van der Waals surface area contributed by atoms with Gasteiger partial charge in [-0.1, -0.05) is 20.3 Å². The summed E-state index contributed by atoms with van der Waals surface area (Å²) in [5.41, 5.74) is 0. The van der Waals surface area contributed by atoms with Crippen molar-refractivity contribution < 1.29 is 8.85 Å². The summed E-state index contributed by atoms with van der Waals surface area (Å²) in [6.07, 6.45) is 4.89. The molecular formula is C15H36N2O2Si. The number of hydrogen-bond donors (Lipinski definition) is 1. The van der Waals surface area contributed by atoms with Crippen molar-refractivity contribution >= 4 is 8.56 Å². The van der Waals surface area contributed by atoms with E-state index in [-0.39, 0.29) is 0 Å². The first-order chi connectivity index (χ1) is 9.61. The number of nitrogens with zero attached hydrogens (tertiary/aromatic N) is 1. The molecule has 0 bridgehead atoms. The molecule has 1 N–H and O–H groups in total. The molecule has 0 spiro atoms. The van der Waals surface area contributed by atoms with Gasteiger partial charge in [0.25, 0.3) is 0 Å². The minimum atomic E-state index is -1.84. The van der Waals surface area contributed by atoms with E-state index in [2.05, 4.69) is 30.6 Å². The van der Waals surface area contributed by atoms with Crippen molar-refractivity contribution in [2.24, 2.45) is 0 Å². The van der Waals surface area contributed by atoms with E-state index in [1.54, 1.807) is 14.2 Å². The van der Waals surface area contributed by atoms with Crippen LogP contribution in [-0.4, -0.2) is 60.4 Å². The summed E-state index contributed by atoms with van der Waals surface area (Å²) in [6.45, 7) is 12.5. The number of hydrogen-bond acceptors (Lipinski definition) is 4. The number of rotatable bonds is 14. The molecule has 0 aliphatic heterocycles. The van der Waals surface area contributed by atoms with E-state index in [1.807, 2.05) is 0 Å². The molecule has 0 radical (unpaired) electrons. The standard InChI is InChI=1S/C15H36N2O2Si/c1-6-12-17(13-7-2)14-11-16-10-8-9-15-20(5,18-3)19-4/h16H,6-15H2,1-5H3. The fraction of sp³-hybridized carbons (Fsp3) is 1.00. The van der Waals surface area contributed by atoms with Gasteiger partial charge in [-0.15, -0.1) is 0 Å². The number of unbranched alkanes of at least 4 members (excludes halogenated alkanes) is 1. The molecule has 0 heterocycles. The Morgan fingerprint density at radius 1 is 0.900 bits per heavy atom. The van der Waals surface area contributed by atoms with Crippen LogP contribution in [0.2, 0.25) is 12.6 Å². The van der Waals surface area contributed by atoms with Crippen molar-refractivity contribution in [3.63, 3.8) is 0 Å². The lowest BCUT2D eigenvalue weighted by atomic mass is 10.3. The molecule has 5 heteroatoms. The van der Waals surface area contributed by atoms with E-state index in [1.165, 1.54) is 45.3 Å². The third-order valence-corrected chi connectivity index (χ3v) is 6.77. The first kappa shape index (κ1) is 20.1. The van der Waals surface area contributed by atoms with Gasteiger partial charge in [-0.2, -0.15) is 0 Å². The Morgan fingerprint density at radius 2 is 1.50 bits per heavy atom. The van der Waals surface area contributed by atoms with Crippen LogP contribution in [0.4, 0.5) is 0 Å². The minimum absolute atomic E-state index is 1.08. The van der Waals surface area contributed by atoms with Gasteiger partial charge in [-0.05, 0) is 51.5 Å². The summed E-state index contributed by atoms with van der Waals surface area (Å²) in [7, 11) is 1.69. The molecule has 0 aliphatic carbocycles. The van der Waals surface area contributed by atoms with Crippen molar-refractivity contribution in [2.75, 3.05) is 46.9 Å². The lowest BCUT2D eigenvalue weighted by molar-refractivity contribution is 0.248. The summed E-state index contributed by atoms with van der Waals surface area (Å²) >= 11 is 0. The normalized spacial score (nSPS) is 12.3. The van der Waals surface area contributed by atoms with E-state index in [4.69, 9.17) is 8.85 Å². The molecule has 0 saturated heterocycles. The van der Waals surface area contributed by atoms with Crippen molar-refractivity contribution in [2.45, 2.75) is 52.1 Å². The second-order valence-corrected chi connectivity index (χ2v) is 9.17. The van der Waals surface area contributed by atoms with Gasteiger partial charge >= 0.3 is 8.56 Å². The zero-order valence-electron chi connectivity index (χ0n) is 14.3. The van der Waals surface area contributed by atoms with E-state index in [9.17, 15) is 0 Å². The van der Waals surface area contributed by atoms with Gasteiger partial charge in [0.15, 0.2) is 0 Å². The molecule has 4 nitrogen and oxygen atoms in total. The molecule has 0 atom stereocenters. The Morgan fingerprint density at radius 3 is 2.00 bits per heavy atom. The first-order valence-corrected chi connectivity index (χ1v) is 10.7. The molecule has 0 aliphatic rings. The Balaban J connectivity index is 3.52. The fourth-order valence-corrected chi connectivity index (χ4v) is 3.78. The number of nitrogens with one attached hydrogen (secondary N) is 1. The monoisotopic (exact) mass is 304 g/mol. The molecule has 122 valence electrons. The van der Waals surface area contributed by atoms with Crippen LogP contribution in [0.15, 0.2) is 0 Å². The van der Waals surface area contributed by atoms with E-state index >= 15 is 0 Å². The Labute approximate surface area is 127 Å². The molecule has 0 aromatic carbocycles. The predicted molar refractivity (Wildman–Crippen MR) is 89.6 cm³/mol. The van der Waals surface area contributed by atoms with E-state index in [0.29, 0.717) is 0 Å². The van der Waals surface area contributed by atoms with Crippen LogP contribution in [0, 0.1) is 0 Å². The predicted octanol–water partition coefficient (Wildman–Crippen LogP) is 2.84. The van der Waals surface area contributed by atoms with Gasteiger partial charge in [0, 0.05) is 27.3 Å². The maximum atomic E-state index is 5.49. The van der Waals surface area contributed by atoms with E-state index in [0.717, 1.165) is 19.1 Å². The molecule has 0 unspecified atom stereocenters. The molecule has 0 rings (SSSR count). The average Bonchev–Trinajstić information content (AvgIpc) is 2.46. The summed E-state index contributed by atoms with van der Waals surface area (Å²) in [5.74, 6) is 0. The summed E-state index contributed by atoms with van der Waals surface area (Å²) in [5, 5.41) is 3.55. The minimum Gasteiger partial charge on any atom is -0.398 e. The highest BCUT2D eigenvalue weighted by Gasteiger charge is 2.27. The summed E-state index contributed by atoms with van der Waals surface area (Å²) < 4.78 is 11.0. The third kappa shape index (κ3) is 9.88. The second kappa shape index (κ2) is 12.8. The van der Waals surface area contributed by atoms with Crippen LogP contribution in [-0.2, 0) is 8.85 Å². The van der Waals surface area contributed by atoms with Gasteiger partial charge in [-0.25, -0.2) is 0 Å². The fourth-order valence-electron chi connectivity index (χ4n) is 2.31. The first-order valence-electron chi connectivity index (χ1n) is 8.15. The van der Waals surface area contributed by atoms with E-state index < -0.39 is 8.56 Å². The maximum Gasteiger partial charge on any atom is 0.334 e. The maximum absolute atomic E-state index is 5.49. The van der Waals surface area contributed by atoms with Crippen LogP contribution >= 0.6 is 0 Å². The Kier molecular flexibility index (Phi) is 12.8. The smallest absolute Gasteiger partial charge is 0.334 e. The zero-order valence-corrected chi connectivity index (χ0v) is 15.3. The van der Waals surface area contributed by atoms with Gasteiger partial charge in [0.1, 0.15) is 0 Å². The molecule has 0 aromatic heterocycles. The lowest BCUT2D eigenvalue weighted by Gasteiger charge is -2.23. The Hall–Kier alpha value is 0.0569. The lowest BCUT2D eigenvalue weighted by Crippen LogP contribution is -2.36. The van der Waals surface area contributed by atoms with Crippen LogP contribution in [0.1, 0.15) is 39.5 Å². The third-order valence-electron chi connectivity index (χ3n) is 3.78. The van der Waals surface area contributed by atoms with Crippen LogP contribution < -0.4 is 5.32 Å². The molecule has 20 heavy (non-hydrogen) atoms. The quantitative estimate of drug-likeness (QED) is 0.395. The summed E-state index contributed by atoms with van der Waals surface area (Å²) in [4.78, 5) is 2.55. The highest BCUT2D eigenvalue weighted by Crippen LogP contribution is 2.14. The molecule has 0 amide bonds.